The molecule has 0 atom stereocenters. The van der Waals surface area contributed by atoms with Crippen LogP contribution in [-0.4, -0.2) is 47.6 Å². The summed E-state index contributed by atoms with van der Waals surface area (Å²) < 4.78 is 27.1. The summed E-state index contributed by atoms with van der Waals surface area (Å²) in [5, 5.41) is 10.4. The highest BCUT2D eigenvalue weighted by Crippen LogP contribution is 2.21. The van der Waals surface area contributed by atoms with Crippen LogP contribution >= 0.6 is 0 Å². The molecule has 98 valence electrons. The van der Waals surface area contributed by atoms with E-state index in [2.05, 4.69) is 15.6 Å². The average molecular weight is 247 g/mol. The molecule has 0 fully saturated rings. The molecule has 1 N–H and O–H groups in total. The van der Waals surface area contributed by atoms with Crippen molar-refractivity contribution >= 4 is 0 Å². The van der Waals surface area contributed by atoms with Crippen molar-refractivity contribution < 1.29 is 8.78 Å². The topological polar surface area (TPSA) is 46.0 Å². The van der Waals surface area contributed by atoms with E-state index in [1.807, 2.05) is 19.0 Å². The van der Waals surface area contributed by atoms with Gasteiger partial charge in [-0.25, -0.2) is 13.5 Å². The summed E-state index contributed by atoms with van der Waals surface area (Å²) in [7, 11) is 5.59. The normalized spacial score (nSPS) is 11.7. The maximum Gasteiger partial charge on any atom is 0.281 e. The first kappa shape index (κ1) is 14.0. The number of halogens is 2. The highest BCUT2D eigenvalue weighted by atomic mass is 19.3. The van der Waals surface area contributed by atoms with Crippen LogP contribution in [0.2, 0.25) is 0 Å². The Balaban J connectivity index is 2.70. The van der Waals surface area contributed by atoms with E-state index >= 15 is 0 Å². The predicted octanol–water partition coefficient (Wildman–Crippen LogP) is 0.887. The number of nitrogens with zero attached hydrogens (tertiary/aromatic N) is 4. The third kappa shape index (κ3) is 4.01. The molecule has 0 saturated carbocycles. The van der Waals surface area contributed by atoms with Crippen LogP contribution in [0, 0.1) is 0 Å². The van der Waals surface area contributed by atoms with Crippen molar-refractivity contribution in [1.29, 1.82) is 0 Å². The Bertz CT molecular complexity index is 337. The van der Waals surface area contributed by atoms with Gasteiger partial charge in [0.1, 0.15) is 11.4 Å². The van der Waals surface area contributed by atoms with Crippen LogP contribution in [-0.2, 0) is 13.1 Å². The summed E-state index contributed by atoms with van der Waals surface area (Å²) in [5.74, 6) is 0. The molecule has 0 bridgehead atoms. The van der Waals surface area contributed by atoms with Gasteiger partial charge in [-0.1, -0.05) is 5.21 Å². The fraction of sp³-hybridized carbons (Fsp3) is 0.800. The maximum absolute atomic E-state index is 12.9. The van der Waals surface area contributed by atoms with Gasteiger partial charge in [-0.05, 0) is 34.1 Å². The summed E-state index contributed by atoms with van der Waals surface area (Å²) in [6.45, 7) is 1.62. The summed E-state index contributed by atoms with van der Waals surface area (Å²) in [5.41, 5.74) is 0.255. The molecule has 0 aliphatic carbocycles. The zero-order valence-corrected chi connectivity index (χ0v) is 10.5. The number of hydrogen-bond acceptors (Lipinski definition) is 4. The summed E-state index contributed by atoms with van der Waals surface area (Å²) >= 11 is 0. The molecule has 0 amide bonds. The molecular weight excluding hydrogens is 228 g/mol. The lowest BCUT2D eigenvalue weighted by molar-refractivity contribution is 0.137. The molecule has 0 aromatic carbocycles. The molecule has 1 aromatic heterocycles. The molecule has 17 heavy (non-hydrogen) atoms. The largest absolute Gasteiger partial charge is 0.314 e. The van der Waals surface area contributed by atoms with Crippen LogP contribution < -0.4 is 5.32 Å². The third-order valence-corrected chi connectivity index (χ3v) is 2.37. The molecule has 1 aromatic rings. The Hall–Kier alpha value is -1.08. The van der Waals surface area contributed by atoms with Crippen LogP contribution in [0.3, 0.4) is 0 Å². The molecule has 0 radical (unpaired) electrons. The lowest BCUT2D eigenvalue weighted by Crippen LogP contribution is -2.17. The van der Waals surface area contributed by atoms with Crippen molar-refractivity contribution in [3.63, 3.8) is 0 Å². The number of alkyl halides is 2. The van der Waals surface area contributed by atoms with Gasteiger partial charge >= 0.3 is 0 Å². The van der Waals surface area contributed by atoms with E-state index in [0.29, 0.717) is 18.8 Å². The lowest BCUT2D eigenvalue weighted by Gasteiger charge is -2.10. The second-order valence-electron chi connectivity index (χ2n) is 4.13. The Morgan fingerprint density at radius 2 is 2.12 bits per heavy atom. The molecule has 5 nitrogen and oxygen atoms in total. The maximum atomic E-state index is 12.9. The fourth-order valence-corrected chi connectivity index (χ4v) is 1.59. The summed E-state index contributed by atoms with van der Waals surface area (Å²) in [6, 6.07) is 0. The van der Waals surface area contributed by atoms with E-state index in [-0.39, 0.29) is 5.69 Å². The standard InChI is InChI=1S/C10H19F2N5/c1-13-7-8-9(10(11)12)17(15-14-8)6-4-5-16(2)3/h10,13H,4-7H2,1-3H3. The first-order chi connectivity index (χ1) is 8.06. The summed E-state index contributed by atoms with van der Waals surface area (Å²) in [4.78, 5) is 2.01. The van der Waals surface area contributed by atoms with Gasteiger partial charge in [0.2, 0.25) is 0 Å². The van der Waals surface area contributed by atoms with Gasteiger partial charge < -0.3 is 10.2 Å². The number of aryl methyl sites for hydroxylation is 1. The van der Waals surface area contributed by atoms with Crippen LogP contribution in [0.1, 0.15) is 24.2 Å². The molecule has 0 saturated heterocycles. The fourth-order valence-electron chi connectivity index (χ4n) is 1.59. The number of aromatic nitrogens is 3. The molecule has 0 aliphatic rings. The minimum atomic E-state index is -2.53. The smallest absolute Gasteiger partial charge is 0.281 e. The first-order valence-electron chi connectivity index (χ1n) is 5.56. The molecule has 7 heteroatoms. The predicted molar refractivity (Wildman–Crippen MR) is 60.9 cm³/mol. The van der Waals surface area contributed by atoms with Gasteiger partial charge in [-0.15, -0.1) is 5.10 Å². The quantitative estimate of drug-likeness (QED) is 0.777. The van der Waals surface area contributed by atoms with Crippen LogP contribution in [0.25, 0.3) is 0 Å². The van der Waals surface area contributed by atoms with Gasteiger partial charge in [-0.3, -0.25) is 0 Å². The van der Waals surface area contributed by atoms with Crippen molar-refractivity contribution in [2.45, 2.75) is 25.9 Å². The number of rotatable bonds is 7. The van der Waals surface area contributed by atoms with Gasteiger partial charge in [-0.2, -0.15) is 0 Å². The number of nitrogens with one attached hydrogen (secondary N) is 1. The zero-order chi connectivity index (χ0) is 12.8. The Morgan fingerprint density at radius 1 is 1.41 bits per heavy atom. The van der Waals surface area contributed by atoms with E-state index < -0.39 is 6.43 Å². The summed E-state index contributed by atoms with van der Waals surface area (Å²) in [6.07, 6.45) is -1.76. The highest BCUT2D eigenvalue weighted by molar-refractivity contribution is 5.11. The molecular formula is C10H19F2N5. The molecule has 0 aliphatic heterocycles. The van der Waals surface area contributed by atoms with Crippen molar-refractivity contribution in [2.24, 2.45) is 0 Å². The Morgan fingerprint density at radius 3 is 2.65 bits per heavy atom. The van der Waals surface area contributed by atoms with Gasteiger partial charge in [0.05, 0.1) is 0 Å². The highest BCUT2D eigenvalue weighted by Gasteiger charge is 2.20. The first-order valence-corrected chi connectivity index (χ1v) is 5.56. The van der Waals surface area contributed by atoms with E-state index in [9.17, 15) is 8.78 Å². The molecule has 1 rings (SSSR count). The van der Waals surface area contributed by atoms with E-state index in [0.717, 1.165) is 13.0 Å². The molecule has 0 spiro atoms. The van der Waals surface area contributed by atoms with Crippen molar-refractivity contribution in [1.82, 2.24) is 25.2 Å². The zero-order valence-electron chi connectivity index (χ0n) is 10.5. The SMILES string of the molecule is CNCc1nnn(CCCN(C)C)c1C(F)F. The van der Waals surface area contributed by atoms with Crippen LogP contribution in [0.4, 0.5) is 8.78 Å². The minimum Gasteiger partial charge on any atom is -0.314 e. The van der Waals surface area contributed by atoms with Crippen LogP contribution in [0.5, 0.6) is 0 Å². The molecule has 1 heterocycles. The van der Waals surface area contributed by atoms with Crippen molar-refractivity contribution in [3.05, 3.63) is 11.4 Å². The lowest BCUT2D eigenvalue weighted by atomic mass is 10.3. The second kappa shape index (κ2) is 6.61. The number of hydrogen-bond donors (Lipinski definition) is 1. The van der Waals surface area contributed by atoms with E-state index in [1.54, 1.807) is 7.05 Å². The van der Waals surface area contributed by atoms with Crippen LogP contribution in [0.15, 0.2) is 0 Å². The minimum absolute atomic E-state index is 0.0712. The second-order valence-corrected chi connectivity index (χ2v) is 4.13. The molecule has 0 unspecified atom stereocenters. The third-order valence-electron chi connectivity index (χ3n) is 2.37. The Labute approximate surface area is 99.8 Å². The Kier molecular flexibility index (Phi) is 5.43. The van der Waals surface area contributed by atoms with Gasteiger partial charge in [0.15, 0.2) is 0 Å². The van der Waals surface area contributed by atoms with Crippen molar-refractivity contribution in [3.8, 4) is 0 Å². The van der Waals surface area contributed by atoms with E-state index in [4.69, 9.17) is 0 Å². The average Bonchev–Trinajstić information content (AvgIpc) is 2.61. The van der Waals surface area contributed by atoms with E-state index in [1.165, 1.54) is 4.68 Å². The van der Waals surface area contributed by atoms with Gasteiger partial charge in [0.25, 0.3) is 6.43 Å². The van der Waals surface area contributed by atoms with Gasteiger partial charge in [0, 0.05) is 13.1 Å². The van der Waals surface area contributed by atoms with Crippen molar-refractivity contribution in [2.75, 3.05) is 27.7 Å². The monoisotopic (exact) mass is 247 g/mol.